The van der Waals surface area contributed by atoms with Crippen molar-refractivity contribution in [1.82, 2.24) is 0 Å². The van der Waals surface area contributed by atoms with Gasteiger partial charge in [-0.15, -0.1) is 0 Å². The molecule has 4 N–H and O–H groups in total. The summed E-state index contributed by atoms with van der Waals surface area (Å²) in [7, 11) is 0. The minimum Gasteiger partial charge on any atom is -0.481 e. The summed E-state index contributed by atoms with van der Waals surface area (Å²) in [6, 6.07) is 7.01. The van der Waals surface area contributed by atoms with Gasteiger partial charge in [0, 0.05) is 17.6 Å². The van der Waals surface area contributed by atoms with Gasteiger partial charge in [0.1, 0.15) is 0 Å². The number of carboxylic acids is 1. The number of rotatable bonds is 4. The van der Waals surface area contributed by atoms with Gasteiger partial charge in [-0.25, -0.2) is 0 Å². The molecule has 5 nitrogen and oxygen atoms in total. The molecule has 0 aliphatic heterocycles. The van der Waals surface area contributed by atoms with E-state index in [1.54, 1.807) is 24.3 Å². The zero-order chi connectivity index (χ0) is 13.8. The van der Waals surface area contributed by atoms with Gasteiger partial charge in [0.05, 0.1) is 6.42 Å². The van der Waals surface area contributed by atoms with E-state index >= 15 is 0 Å². The van der Waals surface area contributed by atoms with Gasteiger partial charge < -0.3 is 16.2 Å². The van der Waals surface area contributed by atoms with Crippen LogP contribution >= 0.6 is 0 Å². The Balaban J connectivity index is 1.92. The van der Waals surface area contributed by atoms with E-state index < -0.39 is 5.97 Å². The van der Waals surface area contributed by atoms with Crippen LogP contribution in [0.1, 0.15) is 24.8 Å². The Hall–Kier alpha value is -1.88. The van der Waals surface area contributed by atoms with Crippen molar-refractivity contribution in [2.45, 2.75) is 31.7 Å². The van der Waals surface area contributed by atoms with E-state index in [1.165, 1.54) is 0 Å². The number of carboxylic acid groups (broad SMARTS) is 1. The van der Waals surface area contributed by atoms with E-state index in [-0.39, 0.29) is 24.3 Å². The summed E-state index contributed by atoms with van der Waals surface area (Å²) in [4.78, 5) is 22.5. The van der Waals surface area contributed by atoms with Crippen LogP contribution in [0.3, 0.4) is 0 Å². The number of nitrogens with two attached hydrogens (primary N) is 1. The van der Waals surface area contributed by atoms with Crippen molar-refractivity contribution in [1.29, 1.82) is 0 Å². The summed E-state index contributed by atoms with van der Waals surface area (Å²) in [5, 5.41) is 11.5. The molecule has 2 rings (SSSR count). The molecular weight excluding hydrogens is 244 g/mol. The van der Waals surface area contributed by atoms with Gasteiger partial charge in [-0.3, -0.25) is 9.59 Å². The predicted octanol–water partition coefficient (Wildman–Crippen LogP) is 1.38. The van der Waals surface area contributed by atoms with Crippen LogP contribution in [0.4, 0.5) is 5.69 Å². The average molecular weight is 262 g/mol. The molecule has 0 bridgehead atoms. The number of nitrogens with one attached hydrogen (secondary N) is 1. The first-order chi connectivity index (χ1) is 9.04. The first-order valence-electron chi connectivity index (χ1n) is 6.42. The van der Waals surface area contributed by atoms with Crippen LogP contribution in [0.15, 0.2) is 24.3 Å². The molecule has 0 saturated heterocycles. The third-order valence-electron chi connectivity index (χ3n) is 3.42. The standard InChI is InChI=1S/C14H18N2O3/c15-11-4-3-10(8-11)14(19)16-12-5-1-9(2-6-12)7-13(17)18/h1-2,5-6,10-11H,3-4,7-8,15H2,(H,16,19)(H,17,18). The number of carbonyl (C=O) groups is 2. The number of hydrogen-bond donors (Lipinski definition) is 3. The molecule has 1 aromatic carbocycles. The maximum Gasteiger partial charge on any atom is 0.307 e. The summed E-state index contributed by atoms with van der Waals surface area (Å²) in [5.74, 6) is -0.871. The van der Waals surface area contributed by atoms with Gasteiger partial charge in [-0.2, -0.15) is 0 Å². The summed E-state index contributed by atoms with van der Waals surface area (Å²) in [5.41, 5.74) is 7.20. The molecule has 0 radical (unpaired) electrons. The van der Waals surface area contributed by atoms with Crippen LogP contribution in [0.5, 0.6) is 0 Å². The number of hydrogen-bond acceptors (Lipinski definition) is 3. The second-order valence-corrected chi connectivity index (χ2v) is 5.03. The second kappa shape index (κ2) is 5.84. The Kier molecular flexibility index (Phi) is 4.16. The van der Waals surface area contributed by atoms with Gasteiger partial charge in [0.2, 0.25) is 5.91 Å². The van der Waals surface area contributed by atoms with Crippen LogP contribution in [0, 0.1) is 5.92 Å². The highest BCUT2D eigenvalue weighted by Gasteiger charge is 2.27. The Morgan fingerprint density at radius 1 is 1.26 bits per heavy atom. The molecule has 2 unspecified atom stereocenters. The molecule has 1 saturated carbocycles. The molecule has 1 aliphatic rings. The molecule has 5 heteroatoms. The maximum atomic E-state index is 12.0. The van der Waals surface area contributed by atoms with Crippen molar-refractivity contribution in [3.63, 3.8) is 0 Å². The Bertz CT molecular complexity index is 470. The van der Waals surface area contributed by atoms with Crippen LogP contribution in [0.2, 0.25) is 0 Å². The van der Waals surface area contributed by atoms with Gasteiger partial charge >= 0.3 is 5.97 Å². The number of aliphatic carboxylic acids is 1. The number of carbonyl (C=O) groups excluding carboxylic acids is 1. The van der Waals surface area contributed by atoms with Crippen molar-refractivity contribution in [2.24, 2.45) is 11.7 Å². The van der Waals surface area contributed by atoms with Crippen LogP contribution in [-0.4, -0.2) is 23.0 Å². The molecule has 0 aromatic heterocycles. The fourth-order valence-corrected chi connectivity index (χ4v) is 2.38. The zero-order valence-electron chi connectivity index (χ0n) is 10.6. The fourth-order valence-electron chi connectivity index (χ4n) is 2.38. The highest BCUT2D eigenvalue weighted by molar-refractivity contribution is 5.92. The average Bonchev–Trinajstić information content (AvgIpc) is 2.78. The summed E-state index contributed by atoms with van der Waals surface area (Å²) in [6.07, 6.45) is 2.47. The monoisotopic (exact) mass is 262 g/mol. The summed E-state index contributed by atoms with van der Waals surface area (Å²) >= 11 is 0. The van der Waals surface area contributed by atoms with Crippen LogP contribution in [-0.2, 0) is 16.0 Å². The third-order valence-corrected chi connectivity index (χ3v) is 3.42. The van der Waals surface area contributed by atoms with Gasteiger partial charge in [0.25, 0.3) is 0 Å². The van der Waals surface area contributed by atoms with Crippen molar-refractivity contribution >= 4 is 17.6 Å². The third kappa shape index (κ3) is 3.79. The Morgan fingerprint density at radius 2 is 1.95 bits per heavy atom. The van der Waals surface area contributed by atoms with Crippen LogP contribution in [0.25, 0.3) is 0 Å². The van der Waals surface area contributed by atoms with Gasteiger partial charge in [-0.05, 0) is 37.0 Å². The van der Waals surface area contributed by atoms with Crippen molar-refractivity contribution in [2.75, 3.05) is 5.32 Å². The Morgan fingerprint density at radius 3 is 2.47 bits per heavy atom. The van der Waals surface area contributed by atoms with Crippen molar-refractivity contribution < 1.29 is 14.7 Å². The first-order valence-corrected chi connectivity index (χ1v) is 6.42. The van der Waals surface area contributed by atoms with E-state index in [4.69, 9.17) is 10.8 Å². The van der Waals surface area contributed by atoms with Crippen LogP contribution < -0.4 is 11.1 Å². The summed E-state index contributed by atoms with van der Waals surface area (Å²) in [6.45, 7) is 0. The lowest BCUT2D eigenvalue weighted by Gasteiger charge is -2.11. The second-order valence-electron chi connectivity index (χ2n) is 5.03. The predicted molar refractivity (Wildman–Crippen MR) is 71.7 cm³/mol. The maximum absolute atomic E-state index is 12.0. The highest BCUT2D eigenvalue weighted by atomic mass is 16.4. The molecular formula is C14H18N2O3. The largest absolute Gasteiger partial charge is 0.481 e. The lowest BCUT2D eigenvalue weighted by Crippen LogP contribution is -2.23. The molecule has 0 heterocycles. The van der Waals surface area contributed by atoms with Crippen molar-refractivity contribution in [3.8, 4) is 0 Å². The molecule has 19 heavy (non-hydrogen) atoms. The first kappa shape index (κ1) is 13.5. The Labute approximate surface area is 111 Å². The smallest absolute Gasteiger partial charge is 0.307 e. The lowest BCUT2D eigenvalue weighted by molar-refractivity contribution is -0.136. The fraction of sp³-hybridized carbons (Fsp3) is 0.429. The zero-order valence-corrected chi connectivity index (χ0v) is 10.6. The van der Waals surface area contributed by atoms with Gasteiger partial charge in [0.15, 0.2) is 0 Å². The van der Waals surface area contributed by atoms with E-state index in [1.807, 2.05) is 0 Å². The van der Waals surface area contributed by atoms with E-state index in [0.717, 1.165) is 19.3 Å². The highest BCUT2D eigenvalue weighted by Crippen LogP contribution is 2.25. The molecule has 102 valence electrons. The minimum atomic E-state index is -0.864. The molecule has 0 spiro atoms. The topological polar surface area (TPSA) is 92.4 Å². The molecule has 1 aromatic rings. The lowest BCUT2D eigenvalue weighted by atomic mass is 10.1. The molecule has 2 atom stereocenters. The SMILES string of the molecule is NC1CCC(C(=O)Nc2ccc(CC(=O)O)cc2)C1. The number of anilines is 1. The normalized spacial score (nSPS) is 22.2. The quantitative estimate of drug-likeness (QED) is 0.764. The minimum absolute atomic E-state index is 0.000986. The number of amides is 1. The number of benzene rings is 1. The molecule has 1 fully saturated rings. The van der Waals surface area contributed by atoms with E-state index in [0.29, 0.717) is 11.3 Å². The molecule has 1 aliphatic carbocycles. The van der Waals surface area contributed by atoms with Gasteiger partial charge in [-0.1, -0.05) is 12.1 Å². The molecule has 1 amide bonds. The van der Waals surface area contributed by atoms with E-state index in [2.05, 4.69) is 5.32 Å². The summed E-state index contributed by atoms with van der Waals surface area (Å²) < 4.78 is 0. The van der Waals surface area contributed by atoms with Crippen molar-refractivity contribution in [3.05, 3.63) is 29.8 Å². The van der Waals surface area contributed by atoms with E-state index in [9.17, 15) is 9.59 Å².